The highest BCUT2D eigenvalue weighted by molar-refractivity contribution is 7.38. The lowest BCUT2D eigenvalue weighted by molar-refractivity contribution is 0.886. The summed E-state index contributed by atoms with van der Waals surface area (Å²) in [5, 5.41) is 0. The predicted octanol–water partition coefficient (Wildman–Crippen LogP) is 3.81. The lowest BCUT2D eigenvalue weighted by Crippen LogP contribution is -1.91. The number of hydrogen-bond acceptors (Lipinski definition) is 0. The Balaban J connectivity index is 1.79. The zero-order valence-electron chi connectivity index (χ0n) is 8.00. The second kappa shape index (κ2) is 4.77. The van der Waals surface area contributed by atoms with Crippen LogP contribution in [0, 0.1) is 0 Å². The minimum absolute atomic E-state index is 1.06. The summed E-state index contributed by atoms with van der Waals surface area (Å²) >= 11 is 0. The van der Waals surface area contributed by atoms with Crippen LogP contribution in [0.3, 0.4) is 0 Å². The van der Waals surface area contributed by atoms with E-state index in [0.717, 1.165) is 14.2 Å². The summed E-state index contributed by atoms with van der Waals surface area (Å²) in [6.45, 7) is 0. The Morgan fingerprint density at radius 2 is 1.77 bits per heavy atom. The molecule has 70 valence electrons. The van der Waals surface area contributed by atoms with Gasteiger partial charge in [0, 0.05) is 0 Å². The van der Waals surface area contributed by atoms with Crippen molar-refractivity contribution in [3.05, 3.63) is 35.9 Å². The van der Waals surface area contributed by atoms with E-state index in [9.17, 15) is 0 Å². The molecule has 1 saturated carbocycles. The molecule has 0 bridgehead atoms. The molecule has 1 aliphatic rings. The van der Waals surface area contributed by atoms with E-state index in [1.807, 2.05) is 0 Å². The summed E-state index contributed by atoms with van der Waals surface area (Å²) in [5.74, 6) is 0. The van der Waals surface area contributed by atoms with E-state index in [0.29, 0.717) is 0 Å². The molecule has 0 nitrogen and oxygen atoms in total. The molecule has 1 heteroatoms. The van der Waals surface area contributed by atoms with Gasteiger partial charge in [0.25, 0.3) is 0 Å². The molecule has 1 aliphatic carbocycles. The zero-order chi connectivity index (χ0) is 8.93. The van der Waals surface area contributed by atoms with Crippen LogP contribution < -0.4 is 0 Å². The smallest absolute Gasteiger partial charge is 0.00981 e. The van der Waals surface area contributed by atoms with Crippen LogP contribution in [0.4, 0.5) is 0 Å². The fraction of sp³-hybridized carbons (Fsp3) is 0.500. The Kier molecular flexibility index (Phi) is 3.38. The quantitative estimate of drug-likeness (QED) is 0.639. The lowest BCUT2D eigenvalue weighted by atomic mass is 10.2. The van der Waals surface area contributed by atoms with Crippen molar-refractivity contribution in [3.63, 3.8) is 0 Å². The Morgan fingerprint density at radius 3 is 2.46 bits per heavy atom. The monoisotopic (exact) mass is 192 g/mol. The average Bonchev–Trinajstić information content (AvgIpc) is 2.69. The molecule has 0 radical (unpaired) electrons. The van der Waals surface area contributed by atoms with Crippen LogP contribution in [0.2, 0.25) is 0 Å². The maximum Gasteiger partial charge on any atom is -0.00981 e. The van der Waals surface area contributed by atoms with Crippen LogP contribution >= 0.6 is 8.58 Å². The summed E-state index contributed by atoms with van der Waals surface area (Å²) < 4.78 is 0. The molecule has 2 rings (SSSR count). The molecule has 13 heavy (non-hydrogen) atoms. The second-order valence-corrected chi connectivity index (χ2v) is 5.43. The normalized spacial score (nSPS) is 18.8. The van der Waals surface area contributed by atoms with E-state index in [4.69, 9.17) is 0 Å². The summed E-state index contributed by atoms with van der Waals surface area (Å²) in [7, 11) is 1.16. The van der Waals surface area contributed by atoms with Crippen molar-refractivity contribution < 1.29 is 0 Å². The Morgan fingerprint density at radius 1 is 1.08 bits per heavy atom. The van der Waals surface area contributed by atoms with Gasteiger partial charge in [0.15, 0.2) is 0 Å². The fourth-order valence-corrected chi connectivity index (χ4v) is 3.56. The number of benzene rings is 1. The molecule has 0 saturated heterocycles. The standard InChI is InChI=1S/C12H17P/c1-2-6-11(7-3-1)10-13-12-8-4-5-9-12/h1-3,6-7,12-13H,4-5,8-10H2. The van der Waals surface area contributed by atoms with Gasteiger partial charge in [0.1, 0.15) is 0 Å². The van der Waals surface area contributed by atoms with Crippen LogP contribution in [-0.2, 0) is 6.16 Å². The van der Waals surface area contributed by atoms with Gasteiger partial charge in [0.2, 0.25) is 0 Å². The number of hydrogen-bond donors (Lipinski definition) is 0. The first kappa shape index (κ1) is 9.21. The van der Waals surface area contributed by atoms with Gasteiger partial charge < -0.3 is 0 Å². The average molecular weight is 192 g/mol. The van der Waals surface area contributed by atoms with Crippen LogP contribution in [0.5, 0.6) is 0 Å². The maximum atomic E-state index is 2.25. The molecule has 0 amide bonds. The molecule has 0 aliphatic heterocycles. The summed E-state index contributed by atoms with van der Waals surface area (Å²) in [6, 6.07) is 10.9. The lowest BCUT2D eigenvalue weighted by Gasteiger charge is -2.08. The van der Waals surface area contributed by atoms with Crippen LogP contribution in [0.25, 0.3) is 0 Å². The van der Waals surface area contributed by atoms with E-state index in [-0.39, 0.29) is 0 Å². The summed E-state index contributed by atoms with van der Waals surface area (Å²) in [6.07, 6.45) is 7.25. The Hall–Kier alpha value is -0.350. The van der Waals surface area contributed by atoms with Gasteiger partial charge in [-0.15, -0.1) is 8.58 Å². The molecule has 0 N–H and O–H groups in total. The van der Waals surface area contributed by atoms with Gasteiger partial charge in [-0.1, -0.05) is 43.2 Å². The topological polar surface area (TPSA) is 0 Å². The predicted molar refractivity (Wildman–Crippen MR) is 60.7 cm³/mol. The summed E-state index contributed by atoms with van der Waals surface area (Å²) in [5.41, 5.74) is 2.58. The molecular formula is C12H17P. The second-order valence-electron chi connectivity index (χ2n) is 3.85. The third-order valence-corrected chi connectivity index (χ3v) is 4.56. The van der Waals surface area contributed by atoms with Gasteiger partial charge >= 0.3 is 0 Å². The third kappa shape index (κ3) is 2.81. The van der Waals surface area contributed by atoms with Crippen molar-refractivity contribution in [2.45, 2.75) is 37.5 Å². The maximum absolute atomic E-state index is 2.25. The van der Waals surface area contributed by atoms with E-state index in [1.54, 1.807) is 0 Å². The fourth-order valence-electron chi connectivity index (χ4n) is 1.99. The van der Waals surface area contributed by atoms with E-state index in [1.165, 1.54) is 37.4 Å². The molecule has 0 aromatic heterocycles. The van der Waals surface area contributed by atoms with Gasteiger partial charge in [-0.25, -0.2) is 0 Å². The first-order valence-corrected chi connectivity index (χ1v) is 6.51. The Labute approximate surface area is 82.5 Å². The molecule has 0 heterocycles. The third-order valence-electron chi connectivity index (χ3n) is 2.79. The van der Waals surface area contributed by atoms with Crippen molar-refractivity contribution in [1.29, 1.82) is 0 Å². The Bertz CT molecular complexity index is 237. The van der Waals surface area contributed by atoms with Crippen LogP contribution in [0.1, 0.15) is 31.2 Å². The highest BCUT2D eigenvalue weighted by Gasteiger charge is 2.13. The zero-order valence-corrected chi connectivity index (χ0v) is 9.00. The van der Waals surface area contributed by atoms with Crippen molar-refractivity contribution in [3.8, 4) is 0 Å². The molecule has 0 spiro atoms. The minimum Gasteiger partial charge on any atom is -0.114 e. The van der Waals surface area contributed by atoms with Gasteiger partial charge in [-0.3, -0.25) is 0 Å². The van der Waals surface area contributed by atoms with Gasteiger partial charge in [-0.05, 0) is 30.2 Å². The van der Waals surface area contributed by atoms with Crippen LogP contribution in [0.15, 0.2) is 30.3 Å². The van der Waals surface area contributed by atoms with Crippen molar-refractivity contribution in [2.75, 3.05) is 0 Å². The van der Waals surface area contributed by atoms with Gasteiger partial charge in [0.05, 0.1) is 0 Å². The SMILES string of the molecule is c1ccc(CPC2CCCC2)cc1. The molecule has 1 unspecified atom stereocenters. The first-order chi connectivity index (χ1) is 6.45. The van der Waals surface area contributed by atoms with Crippen molar-refractivity contribution >= 4 is 8.58 Å². The molecule has 1 fully saturated rings. The number of rotatable bonds is 3. The molecule has 1 atom stereocenters. The van der Waals surface area contributed by atoms with E-state index >= 15 is 0 Å². The highest BCUT2D eigenvalue weighted by Crippen LogP contribution is 2.36. The highest BCUT2D eigenvalue weighted by atomic mass is 31.1. The van der Waals surface area contributed by atoms with E-state index < -0.39 is 0 Å². The van der Waals surface area contributed by atoms with E-state index in [2.05, 4.69) is 30.3 Å². The largest absolute Gasteiger partial charge is 0.114 e. The first-order valence-electron chi connectivity index (χ1n) is 5.22. The van der Waals surface area contributed by atoms with Crippen molar-refractivity contribution in [1.82, 2.24) is 0 Å². The summed E-state index contributed by atoms with van der Waals surface area (Å²) in [4.78, 5) is 0. The molecular weight excluding hydrogens is 175 g/mol. The molecule has 1 aromatic carbocycles. The van der Waals surface area contributed by atoms with Crippen molar-refractivity contribution in [2.24, 2.45) is 0 Å². The molecule has 1 aromatic rings. The minimum atomic E-state index is 1.06. The van der Waals surface area contributed by atoms with Crippen LogP contribution in [-0.4, -0.2) is 5.66 Å². The van der Waals surface area contributed by atoms with Gasteiger partial charge in [-0.2, -0.15) is 0 Å².